The molecule has 3 N–H and O–H groups in total. The predicted molar refractivity (Wildman–Crippen MR) is 40.2 cm³/mol. The van der Waals surface area contributed by atoms with E-state index in [1.165, 1.54) is 0 Å². The number of nitrogens with zero attached hydrogens (tertiary/aromatic N) is 2. The zero-order valence-electron chi connectivity index (χ0n) is 5.57. The van der Waals surface area contributed by atoms with E-state index in [0.717, 1.165) is 5.65 Å². The van der Waals surface area contributed by atoms with Gasteiger partial charge in [0.25, 0.3) is 0 Å². The Labute approximate surface area is 58.9 Å². The van der Waals surface area contributed by atoms with Gasteiger partial charge in [-0.2, -0.15) is 0 Å². The number of pyridine rings is 1. The third-order valence-corrected chi connectivity index (χ3v) is 1.30. The maximum Gasteiger partial charge on any atom is 0.136 e. The number of fused-ring (bicyclic) bond motifs is 1. The first-order valence-electron chi connectivity index (χ1n) is 2.84. The lowest BCUT2D eigenvalue weighted by atomic mass is 10.5. The number of hydrogen-bond acceptors (Lipinski definition) is 2. The van der Waals surface area contributed by atoms with E-state index in [-0.39, 0.29) is 6.15 Å². The Bertz CT molecular complexity index is 283. The van der Waals surface area contributed by atoms with Crippen molar-refractivity contribution < 1.29 is 0 Å². The number of rotatable bonds is 0. The summed E-state index contributed by atoms with van der Waals surface area (Å²) in [6, 6.07) is 5.93. The summed E-state index contributed by atoms with van der Waals surface area (Å²) in [7, 11) is 0. The summed E-state index contributed by atoms with van der Waals surface area (Å²) in [5.74, 6) is 0. The molecule has 0 amide bonds. The van der Waals surface area contributed by atoms with E-state index in [2.05, 4.69) is 4.98 Å². The van der Waals surface area contributed by atoms with Crippen LogP contribution in [0.1, 0.15) is 0 Å². The summed E-state index contributed by atoms with van der Waals surface area (Å²) in [5.41, 5.74) is 0.998. The predicted octanol–water partition coefficient (Wildman–Crippen LogP) is 1.50. The average Bonchev–Trinajstić information content (AvgIpc) is 2.33. The summed E-state index contributed by atoms with van der Waals surface area (Å²) < 4.78 is 1.97. The summed E-state index contributed by atoms with van der Waals surface area (Å²) in [6.07, 6.45) is 5.69. The topological polar surface area (TPSA) is 52.3 Å². The fourth-order valence-electron chi connectivity index (χ4n) is 0.864. The number of aromatic nitrogens is 2. The Morgan fingerprint density at radius 3 is 2.90 bits per heavy atom. The van der Waals surface area contributed by atoms with Crippen LogP contribution in [0.2, 0.25) is 0 Å². The van der Waals surface area contributed by atoms with Crippen LogP contribution in [-0.4, -0.2) is 9.38 Å². The van der Waals surface area contributed by atoms with Crippen LogP contribution >= 0.6 is 0 Å². The quantitative estimate of drug-likeness (QED) is 0.595. The van der Waals surface area contributed by atoms with Gasteiger partial charge in [0.2, 0.25) is 0 Å². The van der Waals surface area contributed by atoms with Crippen molar-refractivity contribution in [2.75, 3.05) is 0 Å². The second kappa shape index (κ2) is 2.49. The van der Waals surface area contributed by atoms with Gasteiger partial charge in [-0.25, -0.2) is 4.98 Å². The third kappa shape index (κ3) is 0.867. The van der Waals surface area contributed by atoms with Crippen molar-refractivity contribution in [2.24, 2.45) is 0 Å². The first-order chi connectivity index (χ1) is 4.47. The summed E-state index contributed by atoms with van der Waals surface area (Å²) in [4.78, 5) is 4.08. The van der Waals surface area contributed by atoms with Gasteiger partial charge >= 0.3 is 0 Å². The summed E-state index contributed by atoms with van der Waals surface area (Å²) in [5, 5.41) is 0. The molecule has 52 valence electrons. The van der Waals surface area contributed by atoms with Crippen molar-refractivity contribution in [3.05, 3.63) is 36.8 Å². The SMILES string of the molecule is N.c1ccn2ccnc2c1. The summed E-state index contributed by atoms with van der Waals surface area (Å²) >= 11 is 0. The monoisotopic (exact) mass is 135 g/mol. The molecule has 0 spiro atoms. The van der Waals surface area contributed by atoms with E-state index < -0.39 is 0 Å². The Kier molecular flexibility index (Phi) is 1.69. The van der Waals surface area contributed by atoms with Crippen molar-refractivity contribution in [2.45, 2.75) is 0 Å². The summed E-state index contributed by atoms with van der Waals surface area (Å²) in [6.45, 7) is 0. The smallest absolute Gasteiger partial charge is 0.136 e. The molecule has 0 aliphatic rings. The first kappa shape index (κ1) is 6.77. The van der Waals surface area contributed by atoms with E-state index >= 15 is 0 Å². The van der Waals surface area contributed by atoms with Gasteiger partial charge in [-0.3, -0.25) is 0 Å². The van der Waals surface area contributed by atoms with Gasteiger partial charge in [-0.05, 0) is 12.1 Å². The van der Waals surface area contributed by atoms with E-state index in [9.17, 15) is 0 Å². The Balaban J connectivity index is 0.000000500. The van der Waals surface area contributed by atoms with E-state index in [1.807, 2.05) is 35.0 Å². The Hall–Kier alpha value is -1.35. The minimum Gasteiger partial charge on any atom is -0.344 e. The van der Waals surface area contributed by atoms with Crippen LogP contribution in [0.5, 0.6) is 0 Å². The highest BCUT2D eigenvalue weighted by Crippen LogP contribution is 1.96. The largest absolute Gasteiger partial charge is 0.344 e. The fourth-order valence-corrected chi connectivity index (χ4v) is 0.864. The lowest BCUT2D eigenvalue weighted by Gasteiger charge is -1.86. The highest BCUT2D eigenvalue weighted by molar-refractivity contribution is 5.36. The van der Waals surface area contributed by atoms with Crippen LogP contribution in [0.15, 0.2) is 36.8 Å². The zero-order chi connectivity index (χ0) is 6.10. The number of hydrogen-bond donors (Lipinski definition) is 1. The molecule has 0 unspecified atom stereocenters. The molecule has 2 heterocycles. The minimum atomic E-state index is 0. The molecule has 2 aromatic heterocycles. The van der Waals surface area contributed by atoms with Crippen LogP contribution in [0, 0.1) is 0 Å². The molecule has 0 bridgehead atoms. The van der Waals surface area contributed by atoms with Crippen LogP contribution in [0.3, 0.4) is 0 Å². The molecule has 0 aliphatic heterocycles. The Morgan fingerprint density at radius 1 is 1.20 bits per heavy atom. The van der Waals surface area contributed by atoms with Gasteiger partial charge in [0.05, 0.1) is 0 Å². The van der Waals surface area contributed by atoms with Crippen LogP contribution in [0.4, 0.5) is 0 Å². The lowest BCUT2D eigenvalue weighted by molar-refractivity contribution is 1.19. The lowest BCUT2D eigenvalue weighted by Crippen LogP contribution is -1.77. The van der Waals surface area contributed by atoms with E-state index in [4.69, 9.17) is 0 Å². The molecule has 0 aromatic carbocycles. The second-order valence-electron chi connectivity index (χ2n) is 1.89. The normalized spacial score (nSPS) is 9.20. The molecule has 2 aromatic rings. The molecule has 0 saturated carbocycles. The van der Waals surface area contributed by atoms with Crippen LogP contribution < -0.4 is 6.15 Å². The first-order valence-corrected chi connectivity index (χ1v) is 2.84. The van der Waals surface area contributed by atoms with Gasteiger partial charge in [-0.1, -0.05) is 6.07 Å². The zero-order valence-corrected chi connectivity index (χ0v) is 5.57. The van der Waals surface area contributed by atoms with E-state index in [0.29, 0.717) is 0 Å². The van der Waals surface area contributed by atoms with Gasteiger partial charge < -0.3 is 10.6 Å². The van der Waals surface area contributed by atoms with Gasteiger partial charge in [0, 0.05) is 18.6 Å². The van der Waals surface area contributed by atoms with Crippen LogP contribution in [-0.2, 0) is 0 Å². The molecule has 10 heavy (non-hydrogen) atoms. The molecular weight excluding hydrogens is 126 g/mol. The molecule has 3 nitrogen and oxygen atoms in total. The van der Waals surface area contributed by atoms with Gasteiger partial charge in [0.15, 0.2) is 0 Å². The standard InChI is InChI=1S/C7H6N2.H3N/c1-2-5-9-6-4-8-7(9)3-1;/h1-6H;1H3. The third-order valence-electron chi connectivity index (χ3n) is 1.30. The average molecular weight is 135 g/mol. The van der Waals surface area contributed by atoms with Crippen molar-refractivity contribution in [1.82, 2.24) is 15.5 Å². The highest BCUT2D eigenvalue weighted by atomic mass is 15.0. The molecular formula is C7H9N3. The number of imidazole rings is 1. The highest BCUT2D eigenvalue weighted by Gasteiger charge is 1.85. The van der Waals surface area contributed by atoms with Gasteiger partial charge in [-0.15, -0.1) is 0 Å². The van der Waals surface area contributed by atoms with Crippen molar-refractivity contribution >= 4 is 5.65 Å². The van der Waals surface area contributed by atoms with Gasteiger partial charge in [0.1, 0.15) is 5.65 Å². The van der Waals surface area contributed by atoms with Crippen molar-refractivity contribution in [3.8, 4) is 0 Å². The molecule has 0 saturated heterocycles. The molecule has 0 fully saturated rings. The van der Waals surface area contributed by atoms with E-state index in [1.54, 1.807) is 6.20 Å². The fraction of sp³-hybridized carbons (Fsp3) is 0. The molecule has 3 heteroatoms. The molecule has 0 radical (unpaired) electrons. The van der Waals surface area contributed by atoms with Crippen LogP contribution in [0.25, 0.3) is 5.65 Å². The van der Waals surface area contributed by atoms with Crippen molar-refractivity contribution in [3.63, 3.8) is 0 Å². The Morgan fingerprint density at radius 2 is 2.10 bits per heavy atom. The maximum absolute atomic E-state index is 4.08. The molecule has 2 rings (SSSR count). The van der Waals surface area contributed by atoms with Crippen molar-refractivity contribution in [1.29, 1.82) is 0 Å². The maximum atomic E-state index is 4.08. The molecule has 0 aliphatic carbocycles. The second-order valence-corrected chi connectivity index (χ2v) is 1.89. The molecule has 0 atom stereocenters. The minimum absolute atomic E-state index is 0.